The number of imidazole rings is 1. The molecule has 5 rings (SSSR count). The lowest BCUT2D eigenvalue weighted by Crippen LogP contribution is -2.42. The third-order valence-electron chi connectivity index (χ3n) is 8.69. The molecule has 2 amide bonds. The molecule has 0 radical (unpaired) electrons. The second-order valence-electron chi connectivity index (χ2n) is 12.5. The second-order valence-corrected chi connectivity index (χ2v) is 12.5. The van der Waals surface area contributed by atoms with Crippen LogP contribution in [0.3, 0.4) is 0 Å². The number of pyridine rings is 1. The van der Waals surface area contributed by atoms with Crippen LogP contribution >= 0.6 is 0 Å². The summed E-state index contributed by atoms with van der Waals surface area (Å²) in [6.45, 7) is 16.7. The van der Waals surface area contributed by atoms with E-state index in [1.165, 1.54) is 6.08 Å². The first kappa shape index (κ1) is 27.1. The van der Waals surface area contributed by atoms with Gasteiger partial charge in [-0.05, 0) is 79.8 Å². The van der Waals surface area contributed by atoms with Crippen molar-refractivity contribution >= 4 is 28.8 Å². The van der Waals surface area contributed by atoms with E-state index in [1.54, 1.807) is 12.3 Å². The number of benzene rings is 1. The molecule has 2 fully saturated rings. The maximum Gasteiger partial charge on any atom is 0.259 e. The van der Waals surface area contributed by atoms with E-state index in [2.05, 4.69) is 72.7 Å². The summed E-state index contributed by atoms with van der Waals surface area (Å²) in [6.07, 6.45) is 5.89. The lowest BCUT2D eigenvalue weighted by Gasteiger charge is -2.46. The van der Waals surface area contributed by atoms with E-state index >= 15 is 0 Å². The first-order chi connectivity index (χ1) is 18.5. The van der Waals surface area contributed by atoms with Crippen LogP contribution in [0.25, 0.3) is 11.0 Å². The molecule has 0 bridgehead atoms. The van der Waals surface area contributed by atoms with Gasteiger partial charge in [0.15, 0.2) is 0 Å². The molecule has 8 heteroatoms. The van der Waals surface area contributed by atoms with Gasteiger partial charge in [-0.1, -0.05) is 33.4 Å². The van der Waals surface area contributed by atoms with Gasteiger partial charge in [0.25, 0.3) is 5.91 Å². The molecular weight excluding hydrogens is 488 g/mol. The highest BCUT2D eigenvalue weighted by atomic mass is 16.2. The standard InChI is InChI=1S/C31H40N6O2/c1-7-27(38)36-13-12-31(19-36)15-24(16-31)37-26-11-9-22(17-33-21(3)30(4,5)6)14-25(26)34-29(37)35-28(39)23-10-8-20(2)32-18-23/h7-11,14,18,21,24,33H,1,12-13,15-17,19H2,2-6H3,(H,34,35,39)/t21-,24?,31?/m0/s1. The van der Waals surface area contributed by atoms with Crippen LogP contribution in [-0.4, -0.2) is 50.4 Å². The number of nitrogens with one attached hydrogen (secondary N) is 2. The normalized spacial score (nSPS) is 21.7. The van der Waals surface area contributed by atoms with Crippen LogP contribution in [0.1, 0.15) is 74.6 Å². The number of hydrogen-bond donors (Lipinski definition) is 2. The van der Waals surface area contributed by atoms with E-state index in [4.69, 9.17) is 4.98 Å². The number of likely N-dealkylation sites (tertiary alicyclic amines) is 1. The third-order valence-corrected chi connectivity index (χ3v) is 8.69. The van der Waals surface area contributed by atoms with Crippen molar-refractivity contribution in [2.24, 2.45) is 10.8 Å². The Kier molecular flexibility index (Phi) is 7.10. The second kappa shape index (κ2) is 10.2. The molecule has 0 unspecified atom stereocenters. The van der Waals surface area contributed by atoms with Crippen molar-refractivity contribution in [2.45, 2.75) is 72.5 Å². The molecule has 1 saturated carbocycles. The zero-order chi connectivity index (χ0) is 27.9. The van der Waals surface area contributed by atoms with Crippen LogP contribution in [0, 0.1) is 17.8 Å². The SMILES string of the molecule is C=CC(=O)N1CCC2(CC(n3c(NC(=O)c4ccc(C)nc4)nc4cc(CN[C@@H](C)C(C)(C)C)ccc43)C2)C1. The molecule has 1 aromatic carbocycles. The fourth-order valence-corrected chi connectivity index (χ4v) is 5.77. The van der Waals surface area contributed by atoms with Crippen molar-refractivity contribution in [2.75, 3.05) is 18.4 Å². The van der Waals surface area contributed by atoms with E-state index in [0.717, 1.165) is 61.2 Å². The maximum atomic E-state index is 13.2. The molecule has 1 saturated heterocycles. The molecule has 206 valence electrons. The van der Waals surface area contributed by atoms with Crippen LogP contribution in [0.15, 0.2) is 49.2 Å². The lowest BCUT2D eigenvalue weighted by molar-refractivity contribution is -0.125. The minimum atomic E-state index is -0.224. The highest BCUT2D eigenvalue weighted by Crippen LogP contribution is 2.55. The van der Waals surface area contributed by atoms with Gasteiger partial charge in [0, 0.05) is 43.6 Å². The molecule has 1 atom stereocenters. The van der Waals surface area contributed by atoms with Crippen LogP contribution in [0.5, 0.6) is 0 Å². The van der Waals surface area contributed by atoms with Crippen molar-refractivity contribution in [1.29, 1.82) is 0 Å². The number of amides is 2. The highest BCUT2D eigenvalue weighted by molar-refractivity contribution is 6.04. The Morgan fingerprint density at radius 1 is 1.23 bits per heavy atom. The van der Waals surface area contributed by atoms with Gasteiger partial charge in [0.05, 0.1) is 16.6 Å². The molecule has 2 aromatic heterocycles. The van der Waals surface area contributed by atoms with E-state index in [9.17, 15) is 9.59 Å². The summed E-state index contributed by atoms with van der Waals surface area (Å²) >= 11 is 0. The molecule has 2 N–H and O–H groups in total. The largest absolute Gasteiger partial charge is 0.339 e. The van der Waals surface area contributed by atoms with Crippen molar-refractivity contribution in [3.63, 3.8) is 0 Å². The molecular formula is C31H40N6O2. The Morgan fingerprint density at radius 2 is 2.00 bits per heavy atom. The molecule has 1 aliphatic heterocycles. The third kappa shape index (κ3) is 5.48. The minimum Gasteiger partial charge on any atom is -0.339 e. The molecule has 1 spiro atoms. The average Bonchev–Trinajstić information content (AvgIpc) is 3.47. The van der Waals surface area contributed by atoms with Crippen LogP contribution in [0.2, 0.25) is 0 Å². The summed E-state index contributed by atoms with van der Waals surface area (Å²) in [5.41, 5.74) is 4.68. The molecule has 3 heterocycles. The zero-order valence-electron chi connectivity index (χ0n) is 23.8. The summed E-state index contributed by atoms with van der Waals surface area (Å²) < 4.78 is 2.19. The van der Waals surface area contributed by atoms with Crippen LogP contribution in [0.4, 0.5) is 5.95 Å². The topological polar surface area (TPSA) is 92.2 Å². The van der Waals surface area contributed by atoms with Gasteiger partial charge in [0.2, 0.25) is 11.9 Å². The van der Waals surface area contributed by atoms with Crippen molar-refractivity contribution in [1.82, 2.24) is 24.8 Å². The summed E-state index contributed by atoms with van der Waals surface area (Å²) in [5, 5.41) is 6.70. The number of nitrogens with zero attached hydrogens (tertiary/aromatic N) is 4. The molecule has 39 heavy (non-hydrogen) atoms. The first-order valence-corrected chi connectivity index (χ1v) is 13.9. The van der Waals surface area contributed by atoms with Gasteiger partial charge in [-0.25, -0.2) is 4.98 Å². The fraction of sp³-hybridized carbons (Fsp3) is 0.484. The number of fused-ring (bicyclic) bond motifs is 1. The zero-order valence-corrected chi connectivity index (χ0v) is 23.8. The maximum absolute atomic E-state index is 13.2. The van der Waals surface area contributed by atoms with E-state index in [0.29, 0.717) is 17.6 Å². The summed E-state index contributed by atoms with van der Waals surface area (Å²) in [4.78, 5) is 36.4. The van der Waals surface area contributed by atoms with Gasteiger partial charge in [-0.15, -0.1) is 0 Å². The number of anilines is 1. The smallest absolute Gasteiger partial charge is 0.259 e. The van der Waals surface area contributed by atoms with E-state index < -0.39 is 0 Å². The monoisotopic (exact) mass is 528 g/mol. The quantitative estimate of drug-likeness (QED) is 0.409. The molecule has 3 aromatic rings. The van der Waals surface area contributed by atoms with Crippen LogP contribution in [-0.2, 0) is 11.3 Å². The predicted molar refractivity (Wildman–Crippen MR) is 155 cm³/mol. The molecule has 2 aliphatic rings. The number of rotatable bonds is 7. The summed E-state index contributed by atoms with van der Waals surface area (Å²) in [6, 6.07) is 10.6. The number of aryl methyl sites for hydroxylation is 1. The van der Waals surface area contributed by atoms with Gasteiger partial charge < -0.3 is 14.8 Å². The Hall–Kier alpha value is -3.52. The van der Waals surface area contributed by atoms with E-state index in [1.807, 2.05) is 17.9 Å². The molecule has 8 nitrogen and oxygen atoms in total. The van der Waals surface area contributed by atoms with Gasteiger partial charge in [-0.2, -0.15) is 0 Å². The predicted octanol–water partition coefficient (Wildman–Crippen LogP) is 5.26. The van der Waals surface area contributed by atoms with E-state index in [-0.39, 0.29) is 28.7 Å². The lowest BCUT2D eigenvalue weighted by atomic mass is 9.64. The Balaban J connectivity index is 1.41. The average molecular weight is 529 g/mol. The number of carbonyl (C=O) groups excluding carboxylic acids is 2. The Bertz CT molecular complexity index is 1390. The highest BCUT2D eigenvalue weighted by Gasteiger charge is 2.50. The van der Waals surface area contributed by atoms with Gasteiger partial charge >= 0.3 is 0 Å². The van der Waals surface area contributed by atoms with Gasteiger partial charge in [-0.3, -0.25) is 19.9 Å². The Labute approximate surface area is 230 Å². The number of aromatic nitrogens is 3. The van der Waals surface area contributed by atoms with Crippen molar-refractivity contribution in [3.05, 3.63) is 66.0 Å². The first-order valence-electron chi connectivity index (χ1n) is 13.9. The van der Waals surface area contributed by atoms with Crippen molar-refractivity contribution < 1.29 is 9.59 Å². The summed E-state index contributed by atoms with van der Waals surface area (Å²) in [7, 11) is 0. The van der Waals surface area contributed by atoms with Gasteiger partial charge in [0.1, 0.15) is 0 Å². The Morgan fingerprint density at radius 3 is 2.67 bits per heavy atom. The minimum absolute atomic E-state index is 0.00461. The fourth-order valence-electron chi connectivity index (χ4n) is 5.77. The molecule has 1 aliphatic carbocycles. The van der Waals surface area contributed by atoms with Crippen LogP contribution < -0.4 is 10.6 Å². The number of carbonyl (C=O) groups is 2. The summed E-state index contributed by atoms with van der Waals surface area (Å²) in [5.74, 6) is 0.336. The number of hydrogen-bond acceptors (Lipinski definition) is 5. The van der Waals surface area contributed by atoms with Crippen molar-refractivity contribution in [3.8, 4) is 0 Å².